The van der Waals surface area contributed by atoms with Crippen molar-refractivity contribution in [3.63, 3.8) is 0 Å². The summed E-state index contributed by atoms with van der Waals surface area (Å²) in [6, 6.07) is 12.3. The smallest absolute Gasteiger partial charge is 0.313 e. The van der Waals surface area contributed by atoms with Crippen LogP contribution in [-0.2, 0) is 9.53 Å². The van der Waals surface area contributed by atoms with Crippen LogP contribution in [0.4, 0.5) is 0 Å². The van der Waals surface area contributed by atoms with Gasteiger partial charge in [-0.1, -0.05) is 28.8 Å². The molecule has 1 heterocycles. The third-order valence-corrected chi connectivity index (χ3v) is 6.54. The lowest BCUT2D eigenvalue weighted by molar-refractivity contribution is -0.143. The third-order valence-electron chi connectivity index (χ3n) is 6.29. The molecule has 1 aromatic heterocycles. The van der Waals surface area contributed by atoms with Crippen LogP contribution in [0.5, 0.6) is 5.75 Å². The lowest BCUT2D eigenvalue weighted by atomic mass is 9.98. The van der Waals surface area contributed by atoms with Crippen molar-refractivity contribution in [1.29, 1.82) is 0 Å². The Bertz CT molecular complexity index is 1310. The Morgan fingerprint density at radius 1 is 1.06 bits per heavy atom. The maximum atomic E-state index is 13.5. The summed E-state index contributed by atoms with van der Waals surface area (Å²) in [5, 5.41) is 1.34. The predicted octanol–water partition coefficient (Wildman–Crippen LogP) is 7.64. The van der Waals surface area contributed by atoms with E-state index in [2.05, 4.69) is 19.9 Å². The van der Waals surface area contributed by atoms with Crippen molar-refractivity contribution < 1.29 is 19.1 Å². The van der Waals surface area contributed by atoms with E-state index >= 15 is 0 Å². The number of benzene rings is 2. The number of hydrogen-bond donors (Lipinski definition) is 0. The number of esters is 1. The van der Waals surface area contributed by atoms with E-state index in [1.165, 1.54) is 11.1 Å². The van der Waals surface area contributed by atoms with Gasteiger partial charge in [-0.25, -0.2) is 0 Å². The second-order valence-corrected chi connectivity index (χ2v) is 9.69. The number of rotatable bonds is 9. The zero-order valence-electron chi connectivity index (χ0n) is 21.9. The molecule has 0 radical (unpaired) electrons. The Morgan fingerprint density at radius 3 is 2.39 bits per heavy atom. The van der Waals surface area contributed by atoms with Crippen LogP contribution in [0.25, 0.3) is 10.9 Å². The summed E-state index contributed by atoms with van der Waals surface area (Å²) in [4.78, 5) is 26.6. The van der Waals surface area contributed by atoms with Crippen LogP contribution in [0, 0.1) is 6.92 Å². The molecule has 3 rings (SSSR count). The highest BCUT2D eigenvalue weighted by Crippen LogP contribution is 2.35. The van der Waals surface area contributed by atoms with Gasteiger partial charge in [-0.05, 0) is 102 Å². The van der Waals surface area contributed by atoms with Crippen molar-refractivity contribution >= 4 is 34.4 Å². The monoisotopic (exact) mass is 507 g/mol. The molecule has 0 aliphatic carbocycles. The van der Waals surface area contributed by atoms with Crippen LogP contribution >= 0.6 is 11.6 Å². The average molecular weight is 508 g/mol. The summed E-state index contributed by atoms with van der Waals surface area (Å²) in [7, 11) is 1.59. The van der Waals surface area contributed by atoms with Gasteiger partial charge in [0, 0.05) is 21.7 Å². The molecule has 36 heavy (non-hydrogen) atoms. The third kappa shape index (κ3) is 6.27. The molecule has 1 atom stereocenters. The minimum absolute atomic E-state index is 0.193. The van der Waals surface area contributed by atoms with Crippen LogP contribution in [0.15, 0.2) is 65.8 Å². The molecule has 0 saturated carbocycles. The lowest BCUT2D eigenvalue weighted by Gasteiger charge is -2.13. The zero-order chi connectivity index (χ0) is 26.4. The number of allylic oxidation sites excluding steroid dienone is 3. The standard InChI is InChI=1S/C30H34ClNO4/c1-19(2)8-7-9-20(3)16-17-36-30(34)21(4)28-22(5)32(27-15-14-25(35-6)18-26(27)28)29(33)23-10-12-24(31)13-11-23/h8,10-16,18,21H,7,9,17H2,1-6H3/b20-16+. The summed E-state index contributed by atoms with van der Waals surface area (Å²) < 4.78 is 12.7. The van der Waals surface area contributed by atoms with Crippen molar-refractivity contribution in [2.24, 2.45) is 0 Å². The van der Waals surface area contributed by atoms with E-state index in [4.69, 9.17) is 21.1 Å². The first-order valence-electron chi connectivity index (χ1n) is 12.1. The highest BCUT2D eigenvalue weighted by Gasteiger charge is 2.27. The van der Waals surface area contributed by atoms with Crippen molar-refractivity contribution in [3.8, 4) is 5.75 Å². The Hall–Kier alpha value is -3.31. The molecular weight excluding hydrogens is 474 g/mol. The number of carbonyl (C=O) groups excluding carboxylic acids is 2. The molecule has 1 unspecified atom stereocenters. The van der Waals surface area contributed by atoms with Crippen LogP contribution in [-0.4, -0.2) is 30.2 Å². The molecule has 0 aliphatic rings. The molecule has 0 spiro atoms. The van der Waals surface area contributed by atoms with Crippen molar-refractivity contribution in [2.45, 2.75) is 53.4 Å². The van der Waals surface area contributed by atoms with Gasteiger partial charge in [0.25, 0.3) is 5.91 Å². The van der Waals surface area contributed by atoms with Gasteiger partial charge in [0.1, 0.15) is 12.4 Å². The largest absolute Gasteiger partial charge is 0.497 e. The molecule has 0 saturated heterocycles. The summed E-state index contributed by atoms with van der Waals surface area (Å²) in [6.45, 7) is 10.1. The number of aromatic nitrogens is 1. The molecule has 0 bridgehead atoms. The lowest BCUT2D eigenvalue weighted by Crippen LogP contribution is -2.17. The minimum atomic E-state index is -0.571. The van der Waals surface area contributed by atoms with Gasteiger partial charge in [0.2, 0.25) is 0 Å². The first-order valence-corrected chi connectivity index (χ1v) is 12.5. The van der Waals surface area contributed by atoms with Gasteiger partial charge in [-0.2, -0.15) is 0 Å². The highest BCUT2D eigenvalue weighted by atomic mass is 35.5. The van der Waals surface area contributed by atoms with E-state index < -0.39 is 5.92 Å². The zero-order valence-corrected chi connectivity index (χ0v) is 22.6. The van der Waals surface area contributed by atoms with Gasteiger partial charge in [0.05, 0.1) is 18.5 Å². The van der Waals surface area contributed by atoms with E-state index in [0.29, 0.717) is 27.5 Å². The number of fused-ring (bicyclic) bond motifs is 1. The van der Waals surface area contributed by atoms with Crippen LogP contribution in [0.1, 0.15) is 68.1 Å². The molecule has 3 aromatic rings. The van der Waals surface area contributed by atoms with Gasteiger partial charge in [-0.15, -0.1) is 0 Å². The van der Waals surface area contributed by atoms with Gasteiger partial charge in [0.15, 0.2) is 0 Å². The molecule has 6 heteroatoms. The number of methoxy groups -OCH3 is 1. The van der Waals surface area contributed by atoms with E-state index in [9.17, 15) is 9.59 Å². The second-order valence-electron chi connectivity index (χ2n) is 9.25. The maximum Gasteiger partial charge on any atom is 0.313 e. The normalized spacial score (nSPS) is 12.4. The summed E-state index contributed by atoms with van der Waals surface area (Å²) in [5.41, 5.74) is 5.13. The fraction of sp³-hybridized carbons (Fsp3) is 0.333. The average Bonchev–Trinajstić information content (AvgIpc) is 3.13. The Kier molecular flexibility index (Phi) is 9.16. The summed E-state index contributed by atoms with van der Waals surface area (Å²) in [5.74, 6) is -0.457. The number of nitrogens with zero attached hydrogens (tertiary/aromatic N) is 1. The number of ether oxygens (including phenoxy) is 2. The molecule has 0 amide bonds. The van der Waals surface area contributed by atoms with Crippen LogP contribution in [0.3, 0.4) is 0 Å². The number of halogens is 1. The fourth-order valence-electron chi connectivity index (χ4n) is 4.28. The number of carbonyl (C=O) groups is 2. The van der Waals surface area contributed by atoms with Gasteiger partial charge >= 0.3 is 5.97 Å². The summed E-state index contributed by atoms with van der Waals surface area (Å²) in [6.07, 6.45) is 6.05. The van der Waals surface area contributed by atoms with Gasteiger partial charge in [-0.3, -0.25) is 14.2 Å². The first-order chi connectivity index (χ1) is 17.1. The van der Waals surface area contributed by atoms with Crippen molar-refractivity contribution in [1.82, 2.24) is 4.57 Å². The fourth-order valence-corrected chi connectivity index (χ4v) is 4.40. The van der Waals surface area contributed by atoms with Crippen LogP contribution in [0.2, 0.25) is 5.02 Å². The minimum Gasteiger partial charge on any atom is -0.497 e. The van der Waals surface area contributed by atoms with Crippen molar-refractivity contribution in [2.75, 3.05) is 13.7 Å². The van der Waals surface area contributed by atoms with Crippen LogP contribution < -0.4 is 4.74 Å². The Morgan fingerprint density at radius 2 is 1.75 bits per heavy atom. The van der Waals surface area contributed by atoms with E-state index in [1.54, 1.807) is 35.9 Å². The molecule has 0 fully saturated rings. The predicted molar refractivity (Wildman–Crippen MR) is 146 cm³/mol. The summed E-state index contributed by atoms with van der Waals surface area (Å²) >= 11 is 6.01. The molecule has 2 aromatic carbocycles. The Balaban J connectivity index is 1.91. The quantitative estimate of drug-likeness (QED) is 0.220. The van der Waals surface area contributed by atoms with Gasteiger partial charge < -0.3 is 9.47 Å². The first kappa shape index (κ1) is 27.3. The highest BCUT2D eigenvalue weighted by molar-refractivity contribution is 6.30. The maximum absolute atomic E-state index is 13.5. The molecule has 5 nitrogen and oxygen atoms in total. The number of hydrogen-bond acceptors (Lipinski definition) is 4. The molecule has 190 valence electrons. The van der Waals surface area contributed by atoms with E-state index in [-0.39, 0.29) is 18.5 Å². The molecule has 0 N–H and O–H groups in total. The molecule has 0 aliphatic heterocycles. The Labute approximate surface area is 218 Å². The SMILES string of the molecule is COc1ccc2c(c1)c(C(C)C(=O)OC/C=C(\C)CCC=C(C)C)c(C)n2C(=O)c1ccc(Cl)cc1. The topological polar surface area (TPSA) is 57.5 Å². The van der Waals surface area contributed by atoms with E-state index in [1.807, 2.05) is 45.0 Å². The second kappa shape index (κ2) is 12.1. The van der Waals surface area contributed by atoms with E-state index in [0.717, 1.165) is 23.8 Å². The molecular formula is C30H34ClNO4. The van der Waals surface area contributed by atoms with Crippen molar-refractivity contribution in [3.05, 3.63) is 87.6 Å².